The van der Waals surface area contributed by atoms with Crippen molar-refractivity contribution in [1.82, 2.24) is 0 Å². The van der Waals surface area contributed by atoms with Crippen molar-refractivity contribution < 1.29 is 46.7 Å². The predicted octanol–water partition coefficient (Wildman–Crippen LogP) is 6.49. The number of allylic oxidation sites excluding steroid dienone is 1. The fourth-order valence-corrected chi connectivity index (χ4v) is 8.10. The molecule has 0 spiro atoms. The summed E-state index contributed by atoms with van der Waals surface area (Å²) in [6.45, 7) is 10.4. The van der Waals surface area contributed by atoms with Gasteiger partial charge < -0.3 is 33.5 Å². The molecule has 1 fully saturated rings. The standard InChI is InChI=1S/C39H56O10S/c1-28-19-21-33(22-20-28)50(42,43)38(39(5,24-23-34(40)44-6)49-35-18-11-12-25-47-35)36(41)37(45-7)30(3)15-13-14-29(2)31(4)48-27-46-26-32-16-9-8-10-17-32/h8-10,15-17,19-24,29,31,35-38,41H,11-14,18,25-27H2,1-7H3/b24-23+,30-15+/t29-,31+,35?,36?,37+,38?,39-/m0/s1. The van der Waals surface area contributed by atoms with Gasteiger partial charge in [-0.15, -0.1) is 0 Å². The van der Waals surface area contributed by atoms with E-state index in [0.717, 1.165) is 36.5 Å². The first-order valence-electron chi connectivity index (χ1n) is 17.3. The minimum atomic E-state index is -4.31. The monoisotopic (exact) mass is 716 g/mol. The molecular weight excluding hydrogens is 660 g/mol. The predicted molar refractivity (Wildman–Crippen MR) is 192 cm³/mol. The van der Waals surface area contributed by atoms with Crippen LogP contribution >= 0.6 is 0 Å². The molecule has 3 rings (SSSR count). The van der Waals surface area contributed by atoms with Crippen LogP contribution in [-0.2, 0) is 49.7 Å². The number of hydrogen-bond acceptors (Lipinski definition) is 10. The molecule has 2 aromatic carbocycles. The van der Waals surface area contributed by atoms with Crippen molar-refractivity contribution in [3.05, 3.63) is 89.5 Å². The quantitative estimate of drug-likeness (QED) is 0.0535. The summed E-state index contributed by atoms with van der Waals surface area (Å²) in [5.41, 5.74) is 0.878. The summed E-state index contributed by atoms with van der Waals surface area (Å²) in [4.78, 5) is 12.3. The van der Waals surface area contributed by atoms with Gasteiger partial charge in [-0.3, -0.25) is 0 Å². The average molecular weight is 717 g/mol. The first kappa shape index (κ1) is 41.5. The summed E-state index contributed by atoms with van der Waals surface area (Å²) in [7, 11) is -1.65. The van der Waals surface area contributed by atoms with Crippen LogP contribution < -0.4 is 0 Å². The highest BCUT2D eigenvalue weighted by Gasteiger charge is 2.51. The Kier molecular flexibility index (Phi) is 16.8. The normalized spacial score (nSPS) is 20.1. The van der Waals surface area contributed by atoms with Crippen LogP contribution in [0.15, 0.2) is 83.3 Å². The first-order chi connectivity index (χ1) is 23.8. The van der Waals surface area contributed by atoms with E-state index in [1.807, 2.05) is 57.2 Å². The van der Waals surface area contributed by atoms with Crippen molar-refractivity contribution >= 4 is 15.8 Å². The topological polar surface area (TPSA) is 127 Å². The van der Waals surface area contributed by atoms with Gasteiger partial charge in [0.1, 0.15) is 29.9 Å². The van der Waals surface area contributed by atoms with Gasteiger partial charge in [0.2, 0.25) is 0 Å². The zero-order chi connectivity index (χ0) is 36.7. The van der Waals surface area contributed by atoms with E-state index in [2.05, 4.69) is 6.92 Å². The lowest BCUT2D eigenvalue weighted by atomic mass is 9.90. The number of ether oxygens (including phenoxy) is 6. The molecule has 11 heteroatoms. The number of aliphatic hydroxyl groups excluding tert-OH is 1. The third-order valence-corrected chi connectivity index (χ3v) is 11.6. The summed E-state index contributed by atoms with van der Waals surface area (Å²) < 4.78 is 63.6. The van der Waals surface area contributed by atoms with Gasteiger partial charge in [0.25, 0.3) is 0 Å². The largest absolute Gasteiger partial charge is 0.466 e. The van der Waals surface area contributed by atoms with Crippen molar-refractivity contribution in [3.8, 4) is 0 Å². The molecule has 1 aliphatic heterocycles. The third-order valence-electron chi connectivity index (χ3n) is 9.26. The van der Waals surface area contributed by atoms with Gasteiger partial charge in [-0.2, -0.15) is 0 Å². The van der Waals surface area contributed by atoms with Gasteiger partial charge in [-0.05, 0) is 95.1 Å². The Hall–Kier alpha value is -2.90. The highest BCUT2D eigenvalue weighted by molar-refractivity contribution is 7.92. The molecule has 0 amide bonds. The lowest BCUT2D eigenvalue weighted by Crippen LogP contribution is -2.57. The van der Waals surface area contributed by atoms with E-state index in [-0.39, 0.29) is 23.7 Å². The van der Waals surface area contributed by atoms with Crippen LogP contribution in [-0.4, -0.2) is 82.6 Å². The Bertz CT molecular complexity index is 1470. The molecule has 3 unspecified atom stereocenters. The Morgan fingerprint density at radius 2 is 1.78 bits per heavy atom. The number of rotatable bonds is 20. The Balaban J connectivity index is 1.84. The van der Waals surface area contributed by atoms with Crippen molar-refractivity contribution in [2.75, 3.05) is 27.6 Å². The Morgan fingerprint density at radius 3 is 2.40 bits per heavy atom. The summed E-state index contributed by atoms with van der Waals surface area (Å²) in [6.07, 6.45) is 4.60. The summed E-state index contributed by atoms with van der Waals surface area (Å²) in [5.74, 6) is -0.504. The second kappa shape index (κ2) is 20.2. The number of carbonyl (C=O) groups is 1. The molecule has 7 atom stereocenters. The molecule has 0 saturated carbocycles. The minimum absolute atomic E-state index is 0.00468. The van der Waals surface area contributed by atoms with Crippen LogP contribution in [0.25, 0.3) is 0 Å². The zero-order valence-corrected chi connectivity index (χ0v) is 31.4. The molecule has 0 aliphatic carbocycles. The van der Waals surface area contributed by atoms with E-state index in [0.29, 0.717) is 31.6 Å². The van der Waals surface area contributed by atoms with Crippen molar-refractivity contribution in [3.63, 3.8) is 0 Å². The molecule has 0 bridgehead atoms. The molecular formula is C39H56O10S. The molecule has 1 N–H and O–H groups in total. The van der Waals surface area contributed by atoms with Crippen molar-refractivity contribution in [1.29, 1.82) is 0 Å². The number of methoxy groups -OCH3 is 2. The van der Waals surface area contributed by atoms with E-state index in [1.54, 1.807) is 19.1 Å². The van der Waals surface area contributed by atoms with Gasteiger partial charge in [0, 0.05) is 19.8 Å². The number of benzene rings is 2. The summed E-state index contributed by atoms with van der Waals surface area (Å²) in [6, 6.07) is 16.3. The zero-order valence-electron chi connectivity index (χ0n) is 30.6. The highest BCUT2D eigenvalue weighted by atomic mass is 32.2. The third kappa shape index (κ3) is 12.1. The molecule has 1 saturated heterocycles. The average Bonchev–Trinajstić information content (AvgIpc) is 3.10. The van der Waals surface area contributed by atoms with E-state index in [4.69, 9.17) is 28.4 Å². The van der Waals surface area contributed by atoms with Crippen molar-refractivity contribution in [2.24, 2.45) is 5.92 Å². The molecule has 2 aromatic rings. The van der Waals surface area contributed by atoms with Gasteiger partial charge >= 0.3 is 5.97 Å². The van der Waals surface area contributed by atoms with E-state index >= 15 is 0 Å². The van der Waals surface area contributed by atoms with Gasteiger partial charge in [0.05, 0.1) is 24.7 Å². The number of aliphatic hydroxyl groups is 1. The molecule has 1 heterocycles. The van der Waals surface area contributed by atoms with Crippen LogP contribution in [0, 0.1) is 12.8 Å². The van der Waals surface area contributed by atoms with Crippen LogP contribution in [0.4, 0.5) is 0 Å². The maximum absolute atomic E-state index is 14.6. The minimum Gasteiger partial charge on any atom is -0.466 e. The van der Waals surface area contributed by atoms with E-state index in [9.17, 15) is 18.3 Å². The molecule has 0 aromatic heterocycles. The Labute approximate surface area is 298 Å². The second-order valence-electron chi connectivity index (χ2n) is 13.2. The first-order valence-corrected chi connectivity index (χ1v) is 18.8. The smallest absolute Gasteiger partial charge is 0.330 e. The maximum atomic E-state index is 14.6. The number of esters is 1. The fourth-order valence-electron chi connectivity index (χ4n) is 6.03. The Morgan fingerprint density at radius 1 is 1.08 bits per heavy atom. The molecule has 278 valence electrons. The van der Waals surface area contributed by atoms with E-state index in [1.165, 1.54) is 32.4 Å². The van der Waals surface area contributed by atoms with Crippen LogP contribution in [0.5, 0.6) is 0 Å². The number of sulfone groups is 1. The molecule has 0 radical (unpaired) electrons. The van der Waals surface area contributed by atoms with Gasteiger partial charge in [0.15, 0.2) is 16.1 Å². The lowest BCUT2D eigenvalue weighted by molar-refractivity contribution is -0.213. The SMILES string of the molecule is COC(=O)/C=C/[C@](C)(OC1CCCCO1)C(C(O)[C@H](OC)/C(C)=C/CC[C@H](C)[C@@H](C)OCOCc1ccccc1)S(=O)(=O)c1ccc(C)cc1. The summed E-state index contributed by atoms with van der Waals surface area (Å²) >= 11 is 0. The fraction of sp³-hybridized carbons (Fsp3) is 0.564. The van der Waals surface area contributed by atoms with Crippen LogP contribution in [0.1, 0.15) is 70.9 Å². The highest BCUT2D eigenvalue weighted by Crippen LogP contribution is 2.36. The van der Waals surface area contributed by atoms with Crippen molar-refractivity contribution in [2.45, 2.75) is 114 Å². The lowest BCUT2D eigenvalue weighted by Gasteiger charge is -2.42. The van der Waals surface area contributed by atoms with Crippen LogP contribution in [0.3, 0.4) is 0 Å². The molecule has 10 nitrogen and oxygen atoms in total. The number of aryl methyl sites for hydroxylation is 1. The molecule has 50 heavy (non-hydrogen) atoms. The van der Waals surface area contributed by atoms with Gasteiger partial charge in [-0.25, -0.2) is 13.2 Å². The number of carbonyl (C=O) groups excluding carboxylic acids is 1. The maximum Gasteiger partial charge on any atom is 0.330 e. The number of hydrogen-bond donors (Lipinski definition) is 1. The summed E-state index contributed by atoms with van der Waals surface area (Å²) in [5, 5.41) is 10.5. The van der Waals surface area contributed by atoms with Crippen LogP contribution in [0.2, 0.25) is 0 Å². The second-order valence-corrected chi connectivity index (χ2v) is 15.3. The van der Waals surface area contributed by atoms with E-state index < -0.39 is 45.2 Å². The van der Waals surface area contributed by atoms with Gasteiger partial charge in [-0.1, -0.05) is 61.0 Å². The molecule has 1 aliphatic rings.